The van der Waals surface area contributed by atoms with E-state index in [9.17, 15) is 9.59 Å². The van der Waals surface area contributed by atoms with Gasteiger partial charge in [0, 0.05) is 6.54 Å². The van der Waals surface area contributed by atoms with Crippen molar-refractivity contribution in [2.24, 2.45) is 0 Å². The normalized spacial score (nSPS) is 25.1. The molecule has 1 aromatic rings. The lowest BCUT2D eigenvalue weighted by atomic mass is 9.99. The number of nitriles is 1. The van der Waals surface area contributed by atoms with Gasteiger partial charge in [-0.15, -0.1) is 0 Å². The van der Waals surface area contributed by atoms with Crippen LogP contribution in [-0.2, 0) is 11.3 Å². The highest BCUT2D eigenvalue weighted by Gasteiger charge is 2.52. The molecule has 2 aliphatic heterocycles. The molecule has 1 unspecified atom stereocenters. The van der Waals surface area contributed by atoms with Crippen molar-refractivity contribution < 1.29 is 9.59 Å². The highest BCUT2D eigenvalue weighted by molar-refractivity contribution is 6.07. The van der Waals surface area contributed by atoms with E-state index in [1.54, 1.807) is 24.3 Å². The van der Waals surface area contributed by atoms with Crippen molar-refractivity contribution >= 4 is 11.9 Å². The van der Waals surface area contributed by atoms with Gasteiger partial charge in [0.2, 0.25) is 0 Å². The molecule has 0 saturated carbocycles. The fourth-order valence-corrected chi connectivity index (χ4v) is 2.67. The molecule has 20 heavy (non-hydrogen) atoms. The minimum absolute atomic E-state index is 0.170. The minimum atomic E-state index is -0.760. The monoisotopic (exact) mass is 270 g/mol. The van der Waals surface area contributed by atoms with Crippen LogP contribution < -0.4 is 10.6 Å². The number of imide groups is 1. The Morgan fingerprint density at radius 2 is 2.05 bits per heavy atom. The molecule has 1 spiro atoms. The van der Waals surface area contributed by atoms with Gasteiger partial charge in [-0.05, 0) is 30.7 Å². The number of carbonyl (C=O) groups is 2. The molecule has 1 aromatic carbocycles. The predicted molar refractivity (Wildman–Crippen MR) is 70.5 cm³/mol. The summed E-state index contributed by atoms with van der Waals surface area (Å²) in [5, 5.41) is 14.7. The number of nitrogens with zero attached hydrogens (tertiary/aromatic N) is 2. The first-order chi connectivity index (χ1) is 9.64. The number of benzene rings is 1. The van der Waals surface area contributed by atoms with Crippen molar-refractivity contribution in [3.05, 3.63) is 35.4 Å². The summed E-state index contributed by atoms with van der Waals surface area (Å²) in [7, 11) is 0. The second kappa shape index (κ2) is 4.62. The second-order valence-electron chi connectivity index (χ2n) is 5.14. The van der Waals surface area contributed by atoms with Crippen molar-refractivity contribution in [1.29, 1.82) is 5.26 Å². The Hall–Kier alpha value is -2.39. The van der Waals surface area contributed by atoms with E-state index in [4.69, 9.17) is 5.26 Å². The highest BCUT2D eigenvalue weighted by atomic mass is 16.2. The Kier molecular flexibility index (Phi) is 2.92. The third-order valence-corrected chi connectivity index (χ3v) is 3.82. The van der Waals surface area contributed by atoms with E-state index in [2.05, 4.69) is 10.6 Å². The molecule has 2 N–H and O–H groups in total. The maximum atomic E-state index is 12.4. The average Bonchev–Trinajstić information content (AvgIpc) is 3.01. The van der Waals surface area contributed by atoms with Crippen LogP contribution in [0.1, 0.15) is 17.5 Å². The molecule has 102 valence electrons. The summed E-state index contributed by atoms with van der Waals surface area (Å²) in [6, 6.07) is 8.58. The van der Waals surface area contributed by atoms with Crippen LogP contribution in [0.15, 0.2) is 24.3 Å². The van der Waals surface area contributed by atoms with Gasteiger partial charge < -0.3 is 10.6 Å². The number of nitrogens with one attached hydrogen (secondary N) is 2. The average molecular weight is 270 g/mol. The molecule has 0 aliphatic carbocycles. The molecule has 2 aliphatic rings. The molecule has 3 rings (SSSR count). The molecular formula is C14H14N4O2. The molecule has 2 fully saturated rings. The van der Waals surface area contributed by atoms with E-state index in [1.165, 1.54) is 4.90 Å². The third kappa shape index (κ3) is 1.92. The largest absolute Gasteiger partial charge is 0.325 e. The van der Waals surface area contributed by atoms with Gasteiger partial charge in [-0.2, -0.15) is 5.26 Å². The van der Waals surface area contributed by atoms with Crippen LogP contribution in [0.4, 0.5) is 4.79 Å². The van der Waals surface area contributed by atoms with Gasteiger partial charge in [-0.3, -0.25) is 9.69 Å². The smallest absolute Gasteiger partial charge is 0.322 e. The van der Waals surface area contributed by atoms with E-state index in [1.807, 2.05) is 6.07 Å². The van der Waals surface area contributed by atoms with Crippen molar-refractivity contribution in [2.45, 2.75) is 18.5 Å². The van der Waals surface area contributed by atoms with Crippen molar-refractivity contribution in [3.63, 3.8) is 0 Å². The standard InChI is InChI=1S/C14H14N4O2/c15-7-10-1-3-11(4-2-10)8-18-12(19)14(17-13(18)20)5-6-16-9-14/h1-4,16H,5-6,8-9H2,(H,17,20). The molecule has 3 amide bonds. The number of urea groups is 1. The van der Waals surface area contributed by atoms with Gasteiger partial charge >= 0.3 is 6.03 Å². The predicted octanol–water partition coefficient (Wildman–Crippen LogP) is 0.342. The quantitative estimate of drug-likeness (QED) is 0.759. The van der Waals surface area contributed by atoms with Crippen LogP contribution in [0.5, 0.6) is 0 Å². The SMILES string of the molecule is N#Cc1ccc(CN2C(=O)NC3(CCNC3)C2=O)cc1. The number of rotatable bonds is 2. The molecule has 6 heteroatoms. The maximum absolute atomic E-state index is 12.4. The first-order valence-corrected chi connectivity index (χ1v) is 6.48. The molecule has 0 bridgehead atoms. The lowest BCUT2D eigenvalue weighted by Crippen LogP contribution is -2.48. The number of hydrogen-bond donors (Lipinski definition) is 2. The fraction of sp³-hybridized carbons (Fsp3) is 0.357. The Labute approximate surface area is 116 Å². The van der Waals surface area contributed by atoms with Crippen LogP contribution in [-0.4, -0.2) is 35.5 Å². The molecule has 1 atom stereocenters. The molecule has 6 nitrogen and oxygen atoms in total. The topological polar surface area (TPSA) is 85.2 Å². The van der Waals surface area contributed by atoms with E-state index in [-0.39, 0.29) is 18.5 Å². The molecule has 0 radical (unpaired) electrons. The van der Waals surface area contributed by atoms with Crippen LogP contribution in [0.25, 0.3) is 0 Å². The Morgan fingerprint density at radius 3 is 2.65 bits per heavy atom. The zero-order valence-electron chi connectivity index (χ0n) is 10.8. The van der Waals surface area contributed by atoms with Crippen molar-refractivity contribution in [1.82, 2.24) is 15.5 Å². The Morgan fingerprint density at radius 1 is 1.30 bits per heavy atom. The fourth-order valence-electron chi connectivity index (χ4n) is 2.67. The lowest BCUT2D eigenvalue weighted by Gasteiger charge is -2.19. The van der Waals surface area contributed by atoms with Crippen molar-refractivity contribution in [2.75, 3.05) is 13.1 Å². The first kappa shape index (κ1) is 12.6. The van der Waals surface area contributed by atoms with Gasteiger partial charge in [-0.1, -0.05) is 12.1 Å². The number of amides is 3. The molecule has 2 heterocycles. The second-order valence-corrected chi connectivity index (χ2v) is 5.14. The first-order valence-electron chi connectivity index (χ1n) is 6.48. The molecule has 0 aromatic heterocycles. The van der Waals surface area contributed by atoms with Crippen LogP contribution >= 0.6 is 0 Å². The summed E-state index contributed by atoms with van der Waals surface area (Å²) >= 11 is 0. The molecular weight excluding hydrogens is 256 g/mol. The van der Waals surface area contributed by atoms with E-state index >= 15 is 0 Å². The van der Waals surface area contributed by atoms with Gasteiger partial charge in [0.25, 0.3) is 5.91 Å². The van der Waals surface area contributed by atoms with Crippen LogP contribution in [0.3, 0.4) is 0 Å². The van der Waals surface area contributed by atoms with Gasteiger partial charge in [-0.25, -0.2) is 4.79 Å². The zero-order chi connectivity index (χ0) is 14.2. The Bertz CT molecular complexity index is 597. The summed E-state index contributed by atoms with van der Waals surface area (Å²) < 4.78 is 0. The van der Waals surface area contributed by atoms with E-state index < -0.39 is 5.54 Å². The van der Waals surface area contributed by atoms with Gasteiger partial charge in [0.1, 0.15) is 5.54 Å². The minimum Gasteiger partial charge on any atom is -0.322 e. The Balaban J connectivity index is 1.78. The van der Waals surface area contributed by atoms with E-state index in [0.717, 1.165) is 12.1 Å². The lowest BCUT2D eigenvalue weighted by molar-refractivity contribution is -0.131. The van der Waals surface area contributed by atoms with E-state index in [0.29, 0.717) is 18.5 Å². The van der Waals surface area contributed by atoms with Crippen LogP contribution in [0, 0.1) is 11.3 Å². The number of hydrogen-bond acceptors (Lipinski definition) is 4. The summed E-state index contributed by atoms with van der Waals surface area (Å²) in [6.07, 6.45) is 0.626. The van der Waals surface area contributed by atoms with Gasteiger partial charge in [0.05, 0.1) is 18.2 Å². The summed E-state index contributed by atoms with van der Waals surface area (Å²) in [4.78, 5) is 25.6. The summed E-state index contributed by atoms with van der Waals surface area (Å²) in [5.41, 5.74) is 0.627. The number of carbonyl (C=O) groups excluding carboxylic acids is 2. The third-order valence-electron chi connectivity index (χ3n) is 3.82. The highest BCUT2D eigenvalue weighted by Crippen LogP contribution is 2.25. The summed E-state index contributed by atoms with van der Waals surface area (Å²) in [5.74, 6) is -0.170. The van der Waals surface area contributed by atoms with Crippen LogP contribution in [0.2, 0.25) is 0 Å². The van der Waals surface area contributed by atoms with Crippen molar-refractivity contribution in [3.8, 4) is 6.07 Å². The van der Waals surface area contributed by atoms with Gasteiger partial charge in [0.15, 0.2) is 0 Å². The molecule has 2 saturated heterocycles. The zero-order valence-corrected chi connectivity index (χ0v) is 10.8. The summed E-state index contributed by atoms with van der Waals surface area (Å²) in [6.45, 7) is 1.45. The maximum Gasteiger partial charge on any atom is 0.325 e.